The molecule has 0 aliphatic rings. The highest BCUT2D eigenvalue weighted by Crippen LogP contribution is 2.19. The summed E-state index contributed by atoms with van der Waals surface area (Å²) in [5.41, 5.74) is 5.99. The molecule has 0 radical (unpaired) electrons. The Morgan fingerprint density at radius 2 is 1.88 bits per heavy atom. The number of aromatic nitrogens is 1. The predicted molar refractivity (Wildman–Crippen MR) is 96.8 cm³/mol. The summed E-state index contributed by atoms with van der Waals surface area (Å²) < 4.78 is 5.18. The van der Waals surface area contributed by atoms with E-state index in [1.54, 1.807) is 6.92 Å². The van der Waals surface area contributed by atoms with Crippen LogP contribution in [-0.2, 0) is 27.4 Å². The van der Waals surface area contributed by atoms with Gasteiger partial charge in [0.15, 0.2) is 0 Å². The molecule has 0 amide bonds. The third kappa shape index (κ3) is 4.47. The van der Waals surface area contributed by atoms with Crippen LogP contribution in [0.15, 0.2) is 60.8 Å². The second kappa shape index (κ2) is 8.46. The molecule has 2 aromatic carbocycles. The Morgan fingerprint density at radius 3 is 2.68 bits per heavy atom. The second-order valence-corrected chi connectivity index (χ2v) is 5.76. The Balaban J connectivity index is 1.67. The second-order valence-electron chi connectivity index (χ2n) is 5.76. The zero-order valence-corrected chi connectivity index (χ0v) is 14.2. The predicted octanol–water partition coefficient (Wildman–Crippen LogP) is 3.36. The highest BCUT2D eigenvalue weighted by molar-refractivity contribution is 5.84. The Kier molecular flexibility index (Phi) is 5.82. The quantitative estimate of drug-likeness (QED) is 0.488. The molecule has 3 aromatic rings. The molecule has 1 heterocycles. The Morgan fingerprint density at radius 1 is 1.12 bits per heavy atom. The topological polar surface area (TPSA) is 63.4 Å². The number of hydroxylamine groups is 1. The largest absolute Gasteiger partial charge is 0.465 e. The van der Waals surface area contributed by atoms with Crippen molar-refractivity contribution in [3.8, 4) is 0 Å². The maximum Gasteiger partial charge on any atom is 0.325 e. The van der Waals surface area contributed by atoms with Gasteiger partial charge in [0.2, 0.25) is 0 Å². The van der Waals surface area contributed by atoms with Gasteiger partial charge in [-0.3, -0.25) is 9.63 Å². The molecule has 0 unspecified atom stereocenters. The van der Waals surface area contributed by atoms with Gasteiger partial charge in [0, 0.05) is 23.5 Å². The first-order valence-corrected chi connectivity index (χ1v) is 8.40. The lowest BCUT2D eigenvalue weighted by molar-refractivity contribution is -0.150. The lowest BCUT2D eigenvalue weighted by Crippen LogP contribution is -2.39. The number of rotatable bonds is 8. The minimum Gasteiger partial charge on any atom is -0.465 e. The van der Waals surface area contributed by atoms with Crippen molar-refractivity contribution in [2.24, 2.45) is 0 Å². The van der Waals surface area contributed by atoms with E-state index in [9.17, 15) is 4.79 Å². The van der Waals surface area contributed by atoms with Gasteiger partial charge in [-0.1, -0.05) is 48.5 Å². The molecule has 0 bridgehead atoms. The summed E-state index contributed by atoms with van der Waals surface area (Å²) >= 11 is 0. The highest BCUT2D eigenvalue weighted by atomic mass is 16.6. The molecular weight excluding hydrogens is 316 g/mol. The van der Waals surface area contributed by atoms with Crippen LogP contribution in [0.1, 0.15) is 18.1 Å². The lowest BCUT2D eigenvalue weighted by atomic mass is 10.1. The van der Waals surface area contributed by atoms with Crippen molar-refractivity contribution in [2.75, 3.05) is 6.61 Å². The molecule has 25 heavy (non-hydrogen) atoms. The number of benzene rings is 2. The molecule has 1 atom stereocenters. The van der Waals surface area contributed by atoms with Crippen LogP contribution >= 0.6 is 0 Å². The van der Waals surface area contributed by atoms with Gasteiger partial charge in [0.25, 0.3) is 0 Å². The van der Waals surface area contributed by atoms with Gasteiger partial charge >= 0.3 is 5.97 Å². The fourth-order valence-corrected chi connectivity index (χ4v) is 2.74. The number of carbonyl (C=O) groups is 1. The van der Waals surface area contributed by atoms with Gasteiger partial charge in [-0.05, 0) is 24.1 Å². The van der Waals surface area contributed by atoms with Crippen LogP contribution in [0.5, 0.6) is 0 Å². The van der Waals surface area contributed by atoms with E-state index in [0.717, 1.165) is 22.0 Å². The van der Waals surface area contributed by atoms with Gasteiger partial charge < -0.3 is 9.72 Å². The standard InChI is InChI=1S/C20H22N2O3/c1-2-24-20(23)19(22-25-14-15-8-4-3-5-9-15)12-16-13-21-18-11-7-6-10-17(16)18/h3-11,13,19,21-22H,2,12,14H2,1H3/t19-/m0/s1. The normalized spacial score (nSPS) is 12.2. The zero-order valence-electron chi connectivity index (χ0n) is 14.2. The molecule has 0 aliphatic carbocycles. The number of hydrogen-bond acceptors (Lipinski definition) is 4. The molecule has 1 aromatic heterocycles. The minimum absolute atomic E-state index is 0.319. The smallest absolute Gasteiger partial charge is 0.325 e. The Bertz CT molecular complexity index is 814. The van der Waals surface area contributed by atoms with E-state index in [2.05, 4.69) is 10.5 Å². The number of H-pyrrole nitrogens is 1. The molecule has 0 saturated carbocycles. The number of aromatic amines is 1. The van der Waals surface area contributed by atoms with Crippen molar-refractivity contribution in [3.63, 3.8) is 0 Å². The summed E-state index contributed by atoms with van der Waals surface area (Å²) in [6, 6.07) is 17.2. The van der Waals surface area contributed by atoms with Gasteiger partial charge in [-0.15, -0.1) is 0 Å². The molecular formula is C20H22N2O3. The number of carbonyl (C=O) groups excluding carboxylic acids is 1. The van der Waals surface area contributed by atoms with E-state index in [-0.39, 0.29) is 5.97 Å². The van der Waals surface area contributed by atoms with Crippen LogP contribution < -0.4 is 5.48 Å². The molecule has 5 nitrogen and oxygen atoms in total. The van der Waals surface area contributed by atoms with Gasteiger partial charge in [0.05, 0.1) is 13.2 Å². The van der Waals surface area contributed by atoms with Crippen molar-refractivity contribution in [3.05, 3.63) is 71.9 Å². The van der Waals surface area contributed by atoms with Crippen molar-refractivity contribution >= 4 is 16.9 Å². The van der Waals surface area contributed by atoms with Crippen molar-refractivity contribution < 1.29 is 14.4 Å². The van der Waals surface area contributed by atoms with Gasteiger partial charge in [-0.25, -0.2) is 0 Å². The van der Waals surface area contributed by atoms with Crippen molar-refractivity contribution in [1.82, 2.24) is 10.5 Å². The summed E-state index contributed by atoms with van der Waals surface area (Å²) in [4.78, 5) is 21.0. The first-order chi connectivity index (χ1) is 12.3. The summed E-state index contributed by atoms with van der Waals surface area (Å²) in [5.74, 6) is -0.319. The lowest BCUT2D eigenvalue weighted by Gasteiger charge is -2.17. The maximum absolute atomic E-state index is 12.3. The minimum atomic E-state index is -0.567. The third-order valence-electron chi connectivity index (χ3n) is 3.98. The summed E-state index contributed by atoms with van der Waals surface area (Å²) in [7, 11) is 0. The first kappa shape index (κ1) is 17.2. The number of hydrogen-bond donors (Lipinski definition) is 2. The van der Waals surface area contributed by atoms with E-state index in [4.69, 9.17) is 9.57 Å². The van der Waals surface area contributed by atoms with Crippen LogP contribution in [0.25, 0.3) is 10.9 Å². The Labute approximate surface area is 146 Å². The van der Waals surface area contributed by atoms with E-state index in [1.807, 2.05) is 60.8 Å². The molecule has 0 aliphatic heterocycles. The number of para-hydroxylation sites is 1. The van der Waals surface area contributed by atoms with Crippen molar-refractivity contribution in [2.45, 2.75) is 26.0 Å². The molecule has 2 N–H and O–H groups in total. The van der Waals surface area contributed by atoms with E-state index >= 15 is 0 Å². The van der Waals surface area contributed by atoms with Crippen LogP contribution in [0, 0.1) is 0 Å². The van der Waals surface area contributed by atoms with E-state index in [1.165, 1.54) is 0 Å². The number of nitrogens with one attached hydrogen (secondary N) is 2. The van der Waals surface area contributed by atoms with Gasteiger partial charge in [0.1, 0.15) is 6.04 Å². The van der Waals surface area contributed by atoms with Crippen molar-refractivity contribution in [1.29, 1.82) is 0 Å². The summed E-state index contributed by atoms with van der Waals surface area (Å²) in [6.45, 7) is 2.51. The molecule has 0 fully saturated rings. The number of fused-ring (bicyclic) bond motifs is 1. The average molecular weight is 338 g/mol. The SMILES string of the molecule is CCOC(=O)[C@H](Cc1c[nH]c2ccccc12)NOCc1ccccc1. The molecule has 5 heteroatoms. The molecule has 0 spiro atoms. The Hall–Kier alpha value is -2.63. The fourth-order valence-electron chi connectivity index (χ4n) is 2.74. The monoisotopic (exact) mass is 338 g/mol. The summed E-state index contributed by atoms with van der Waals surface area (Å²) in [6.07, 6.45) is 2.41. The third-order valence-corrected chi connectivity index (χ3v) is 3.98. The molecule has 130 valence electrons. The van der Waals surface area contributed by atoms with Crippen LogP contribution in [0.3, 0.4) is 0 Å². The maximum atomic E-state index is 12.3. The van der Waals surface area contributed by atoms with E-state index < -0.39 is 6.04 Å². The fraction of sp³-hybridized carbons (Fsp3) is 0.250. The zero-order chi connectivity index (χ0) is 17.5. The van der Waals surface area contributed by atoms with Crippen LogP contribution in [0.2, 0.25) is 0 Å². The van der Waals surface area contributed by atoms with Gasteiger partial charge in [-0.2, -0.15) is 5.48 Å². The van der Waals surface area contributed by atoms with Crippen LogP contribution in [-0.4, -0.2) is 23.6 Å². The molecule has 0 saturated heterocycles. The molecule has 3 rings (SSSR count). The average Bonchev–Trinajstić information content (AvgIpc) is 3.05. The number of ether oxygens (including phenoxy) is 1. The summed E-state index contributed by atoms with van der Waals surface area (Å²) in [5, 5.41) is 1.10. The van der Waals surface area contributed by atoms with E-state index in [0.29, 0.717) is 19.6 Å². The first-order valence-electron chi connectivity index (χ1n) is 8.40. The highest BCUT2D eigenvalue weighted by Gasteiger charge is 2.22. The number of esters is 1. The van der Waals surface area contributed by atoms with Crippen LogP contribution in [0.4, 0.5) is 0 Å².